The maximum absolute atomic E-state index is 12.6. The van der Waals surface area contributed by atoms with E-state index in [4.69, 9.17) is 10.00 Å². The fourth-order valence-corrected chi connectivity index (χ4v) is 3.12. The number of nitrogens with zero attached hydrogens (tertiary/aromatic N) is 4. The number of aromatic nitrogens is 2. The molecule has 0 bridgehead atoms. The second-order valence-corrected chi connectivity index (χ2v) is 7.91. The molecule has 1 aromatic carbocycles. The molecule has 0 saturated carbocycles. The second-order valence-electron chi connectivity index (χ2n) is 7.91. The molecule has 0 aliphatic carbocycles. The van der Waals surface area contributed by atoms with E-state index in [0.29, 0.717) is 13.1 Å². The number of hydrogen-bond acceptors (Lipinski definition) is 5. The monoisotopic (exact) mass is 379 g/mol. The molecule has 1 aliphatic rings. The number of ether oxygens (including phenoxy) is 1. The highest BCUT2D eigenvalue weighted by Crippen LogP contribution is 2.24. The van der Waals surface area contributed by atoms with E-state index in [2.05, 4.69) is 36.1 Å². The third-order valence-electron chi connectivity index (χ3n) is 4.72. The van der Waals surface area contributed by atoms with Crippen LogP contribution in [-0.2, 0) is 5.41 Å². The van der Waals surface area contributed by atoms with Gasteiger partial charge >= 0.3 is 6.03 Å². The fraction of sp³-hybridized carbons (Fsp3) is 0.429. The van der Waals surface area contributed by atoms with Gasteiger partial charge in [0.1, 0.15) is 12.2 Å². The van der Waals surface area contributed by atoms with Gasteiger partial charge in [-0.1, -0.05) is 32.9 Å². The normalized spacial score (nSPS) is 16.9. The van der Waals surface area contributed by atoms with Gasteiger partial charge in [0.15, 0.2) is 0 Å². The minimum absolute atomic E-state index is 0.0720. The molecule has 1 N–H and O–H groups in total. The third kappa shape index (κ3) is 4.77. The van der Waals surface area contributed by atoms with Crippen molar-refractivity contribution in [1.82, 2.24) is 14.9 Å². The number of piperidine rings is 1. The molecule has 2 aromatic rings. The van der Waals surface area contributed by atoms with Gasteiger partial charge in [-0.3, -0.25) is 0 Å². The van der Waals surface area contributed by atoms with Crippen LogP contribution in [0.25, 0.3) is 0 Å². The first kappa shape index (κ1) is 19.6. The first-order valence-corrected chi connectivity index (χ1v) is 9.41. The number of amides is 2. The summed E-state index contributed by atoms with van der Waals surface area (Å²) in [4.78, 5) is 22.4. The van der Waals surface area contributed by atoms with Crippen molar-refractivity contribution in [2.24, 2.45) is 0 Å². The van der Waals surface area contributed by atoms with Crippen LogP contribution in [-0.4, -0.2) is 40.1 Å². The molecule has 0 radical (unpaired) electrons. The summed E-state index contributed by atoms with van der Waals surface area (Å²) in [6.45, 7) is 7.57. The Balaban J connectivity index is 1.61. The molecule has 1 unspecified atom stereocenters. The number of carbonyl (C=O) groups excluding carboxylic acids is 1. The lowest BCUT2D eigenvalue weighted by Gasteiger charge is -2.32. The van der Waals surface area contributed by atoms with Gasteiger partial charge in [0, 0.05) is 24.6 Å². The SMILES string of the molecule is CC(C)(C)c1ccc(NC(=O)N2CCCC(Oc3nccnc3C#N)C2)cc1. The van der Waals surface area contributed by atoms with E-state index in [-0.39, 0.29) is 29.1 Å². The van der Waals surface area contributed by atoms with E-state index in [0.717, 1.165) is 18.5 Å². The van der Waals surface area contributed by atoms with E-state index < -0.39 is 0 Å². The number of carbonyl (C=O) groups is 1. The van der Waals surface area contributed by atoms with Gasteiger partial charge in [0.05, 0.1) is 6.54 Å². The topological polar surface area (TPSA) is 91.1 Å². The lowest BCUT2D eigenvalue weighted by atomic mass is 9.87. The number of urea groups is 1. The van der Waals surface area contributed by atoms with Crippen LogP contribution in [0.2, 0.25) is 0 Å². The molecule has 0 spiro atoms. The average molecular weight is 379 g/mol. The Morgan fingerprint density at radius 3 is 2.64 bits per heavy atom. The van der Waals surface area contributed by atoms with Gasteiger partial charge < -0.3 is 15.0 Å². The first-order chi connectivity index (χ1) is 13.4. The summed E-state index contributed by atoms with van der Waals surface area (Å²) in [6, 6.07) is 9.74. The minimum atomic E-state index is -0.216. The standard InChI is InChI=1S/C21H25N5O2/c1-21(2,3)15-6-8-16(9-7-15)25-20(27)26-12-4-5-17(14-26)28-19-18(13-22)23-10-11-24-19/h6-11,17H,4-5,12,14H2,1-3H3,(H,25,27). The lowest BCUT2D eigenvalue weighted by Crippen LogP contribution is -2.46. The average Bonchev–Trinajstić information content (AvgIpc) is 2.68. The van der Waals surface area contributed by atoms with Crippen LogP contribution in [0.5, 0.6) is 5.88 Å². The van der Waals surface area contributed by atoms with Crippen LogP contribution < -0.4 is 10.1 Å². The van der Waals surface area contributed by atoms with Gasteiger partial charge in [-0.15, -0.1) is 0 Å². The van der Waals surface area contributed by atoms with Crippen LogP contribution in [0, 0.1) is 11.3 Å². The molecule has 7 heteroatoms. The van der Waals surface area contributed by atoms with E-state index in [1.54, 1.807) is 4.90 Å². The molecule has 146 valence electrons. The Labute approximate surface area is 165 Å². The van der Waals surface area contributed by atoms with E-state index in [1.165, 1.54) is 18.0 Å². The number of rotatable bonds is 3. The molecule has 2 heterocycles. The zero-order valence-electron chi connectivity index (χ0n) is 16.5. The number of anilines is 1. The maximum atomic E-state index is 12.6. The van der Waals surface area contributed by atoms with Gasteiger partial charge in [0.25, 0.3) is 5.88 Å². The summed E-state index contributed by atoms with van der Waals surface area (Å²) in [6.07, 6.45) is 4.35. The van der Waals surface area contributed by atoms with Crippen LogP contribution in [0.3, 0.4) is 0 Å². The first-order valence-electron chi connectivity index (χ1n) is 9.41. The Morgan fingerprint density at radius 2 is 1.96 bits per heavy atom. The molecule has 1 atom stereocenters. The Kier molecular flexibility index (Phi) is 5.78. The highest BCUT2D eigenvalue weighted by molar-refractivity contribution is 5.89. The molecule has 1 fully saturated rings. The molecular formula is C21H25N5O2. The van der Waals surface area contributed by atoms with Crippen molar-refractivity contribution < 1.29 is 9.53 Å². The maximum Gasteiger partial charge on any atom is 0.321 e. The molecule has 7 nitrogen and oxygen atoms in total. The zero-order chi connectivity index (χ0) is 20.1. The van der Waals surface area contributed by atoms with Crippen molar-refractivity contribution in [2.45, 2.75) is 45.1 Å². The van der Waals surface area contributed by atoms with Crippen molar-refractivity contribution in [1.29, 1.82) is 5.26 Å². The molecule has 3 rings (SSSR count). The van der Waals surface area contributed by atoms with Crippen LogP contribution >= 0.6 is 0 Å². The third-order valence-corrected chi connectivity index (χ3v) is 4.72. The van der Waals surface area contributed by atoms with Crippen LogP contribution in [0.4, 0.5) is 10.5 Å². The quantitative estimate of drug-likeness (QED) is 0.877. The highest BCUT2D eigenvalue weighted by Gasteiger charge is 2.26. The fourth-order valence-electron chi connectivity index (χ4n) is 3.12. The van der Waals surface area contributed by atoms with Gasteiger partial charge in [-0.25, -0.2) is 14.8 Å². The molecule has 28 heavy (non-hydrogen) atoms. The summed E-state index contributed by atoms with van der Waals surface area (Å²) >= 11 is 0. The summed E-state index contributed by atoms with van der Waals surface area (Å²) in [5.74, 6) is 0.218. The highest BCUT2D eigenvalue weighted by atomic mass is 16.5. The largest absolute Gasteiger partial charge is 0.470 e. The predicted molar refractivity (Wildman–Crippen MR) is 106 cm³/mol. The van der Waals surface area contributed by atoms with E-state index in [9.17, 15) is 4.79 Å². The van der Waals surface area contributed by atoms with Crippen molar-refractivity contribution in [2.75, 3.05) is 18.4 Å². The van der Waals surface area contributed by atoms with Gasteiger partial charge in [-0.2, -0.15) is 5.26 Å². The molecular weight excluding hydrogens is 354 g/mol. The van der Waals surface area contributed by atoms with Gasteiger partial charge in [0.2, 0.25) is 5.69 Å². The molecule has 1 aromatic heterocycles. The lowest BCUT2D eigenvalue weighted by molar-refractivity contribution is 0.102. The Morgan fingerprint density at radius 1 is 1.25 bits per heavy atom. The number of nitrogens with one attached hydrogen (secondary N) is 1. The number of hydrogen-bond donors (Lipinski definition) is 1. The molecule has 1 saturated heterocycles. The summed E-state index contributed by atoms with van der Waals surface area (Å²) in [5.41, 5.74) is 2.21. The van der Waals surface area contributed by atoms with Crippen molar-refractivity contribution in [3.05, 3.63) is 47.9 Å². The van der Waals surface area contributed by atoms with E-state index in [1.807, 2.05) is 30.3 Å². The van der Waals surface area contributed by atoms with Crippen molar-refractivity contribution in [3.8, 4) is 11.9 Å². The predicted octanol–water partition coefficient (Wildman–Crippen LogP) is 3.72. The molecule has 2 amide bonds. The van der Waals surface area contributed by atoms with Crippen LogP contribution in [0.1, 0.15) is 44.9 Å². The van der Waals surface area contributed by atoms with Gasteiger partial charge in [-0.05, 0) is 36.0 Å². The number of likely N-dealkylation sites (tertiary alicyclic amines) is 1. The summed E-state index contributed by atoms with van der Waals surface area (Å²) in [7, 11) is 0. The second kappa shape index (κ2) is 8.26. The smallest absolute Gasteiger partial charge is 0.321 e. The Bertz CT molecular complexity index is 868. The summed E-state index contributed by atoms with van der Waals surface area (Å²) in [5, 5.41) is 12.1. The Hall–Kier alpha value is -3.14. The van der Waals surface area contributed by atoms with Crippen molar-refractivity contribution in [3.63, 3.8) is 0 Å². The van der Waals surface area contributed by atoms with E-state index >= 15 is 0 Å². The summed E-state index contributed by atoms with van der Waals surface area (Å²) < 4.78 is 5.84. The minimum Gasteiger partial charge on any atom is -0.470 e. The number of nitriles is 1. The van der Waals surface area contributed by atoms with Crippen LogP contribution in [0.15, 0.2) is 36.7 Å². The zero-order valence-corrected chi connectivity index (χ0v) is 16.5. The molecule has 1 aliphatic heterocycles. The van der Waals surface area contributed by atoms with Crippen molar-refractivity contribution >= 4 is 11.7 Å². The number of benzene rings is 1.